The molecular weight excluding hydrogens is 284 g/mol. The molecule has 1 aromatic rings. The van der Waals surface area contributed by atoms with Crippen LogP contribution in [-0.4, -0.2) is 58.2 Å². The van der Waals surface area contributed by atoms with Crippen molar-refractivity contribution in [3.05, 3.63) is 12.4 Å². The number of anilines is 1. The summed E-state index contributed by atoms with van der Waals surface area (Å²) in [4.78, 5) is 21.3. The zero-order chi connectivity index (χ0) is 15.5. The Kier molecular flexibility index (Phi) is 4.42. The highest BCUT2D eigenvalue weighted by atomic mass is 16.5. The van der Waals surface area contributed by atoms with Gasteiger partial charge in [0.15, 0.2) is 0 Å². The molecule has 0 unspecified atom stereocenters. The molecule has 22 heavy (non-hydrogen) atoms. The van der Waals surface area contributed by atoms with Crippen LogP contribution in [0.25, 0.3) is 0 Å². The van der Waals surface area contributed by atoms with Crippen molar-refractivity contribution in [3.63, 3.8) is 0 Å². The minimum Gasteiger partial charge on any atom is -0.481 e. The van der Waals surface area contributed by atoms with Crippen LogP contribution in [-0.2, 0) is 4.79 Å². The van der Waals surface area contributed by atoms with Gasteiger partial charge in [0.2, 0.25) is 5.88 Å². The number of aromatic nitrogens is 2. The largest absolute Gasteiger partial charge is 0.481 e. The Hall–Kier alpha value is -1.89. The van der Waals surface area contributed by atoms with E-state index in [9.17, 15) is 4.79 Å². The lowest BCUT2D eigenvalue weighted by Gasteiger charge is -2.43. The second-order valence-electron chi connectivity index (χ2n) is 6.18. The molecule has 7 nitrogen and oxygen atoms in total. The average Bonchev–Trinajstić information content (AvgIpc) is 3.25. The van der Waals surface area contributed by atoms with E-state index < -0.39 is 5.97 Å². The molecule has 2 fully saturated rings. The Morgan fingerprint density at radius 1 is 1.45 bits per heavy atom. The number of hydrogen-bond donors (Lipinski definition) is 2. The van der Waals surface area contributed by atoms with Gasteiger partial charge < -0.3 is 15.2 Å². The molecule has 2 N–H and O–H groups in total. The number of aliphatic carboxylic acids is 1. The van der Waals surface area contributed by atoms with Gasteiger partial charge in [0.25, 0.3) is 0 Å². The first-order valence-electron chi connectivity index (χ1n) is 7.72. The smallest absolute Gasteiger partial charge is 0.317 e. The van der Waals surface area contributed by atoms with Crippen LogP contribution in [0.5, 0.6) is 5.88 Å². The van der Waals surface area contributed by atoms with Gasteiger partial charge in [-0.1, -0.05) is 0 Å². The molecule has 0 spiro atoms. The number of carboxylic acids is 1. The molecule has 0 atom stereocenters. The number of methoxy groups -OCH3 is 1. The number of nitrogens with one attached hydrogen (secondary N) is 1. The van der Waals surface area contributed by atoms with Crippen LogP contribution in [0.3, 0.4) is 0 Å². The van der Waals surface area contributed by atoms with Gasteiger partial charge >= 0.3 is 5.97 Å². The molecule has 2 aliphatic carbocycles. The third-order valence-corrected chi connectivity index (χ3v) is 4.36. The van der Waals surface area contributed by atoms with Gasteiger partial charge in [-0.25, -0.2) is 9.97 Å². The number of carbonyl (C=O) groups is 1. The van der Waals surface area contributed by atoms with Crippen LogP contribution >= 0.6 is 0 Å². The van der Waals surface area contributed by atoms with E-state index in [-0.39, 0.29) is 6.54 Å². The van der Waals surface area contributed by atoms with Gasteiger partial charge in [0, 0.05) is 24.7 Å². The minimum atomic E-state index is -0.738. The highest BCUT2D eigenvalue weighted by Gasteiger charge is 2.37. The molecule has 0 aromatic carbocycles. The van der Waals surface area contributed by atoms with Crippen molar-refractivity contribution in [2.45, 2.75) is 37.8 Å². The SMILES string of the molecule is COc1cc(NC2CC(N(CC(=O)O)CC3CC3)C2)ncn1. The number of nitrogens with zero attached hydrogens (tertiary/aromatic N) is 3. The Bertz CT molecular complexity index is 529. The van der Waals surface area contributed by atoms with E-state index in [2.05, 4.69) is 20.2 Å². The molecule has 2 saturated carbocycles. The Morgan fingerprint density at radius 2 is 2.23 bits per heavy atom. The molecule has 0 saturated heterocycles. The minimum absolute atomic E-state index is 0.148. The van der Waals surface area contributed by atoms with Gasteiger partial charge in [-0.15, -0.1) is 0 Å². The predicted octanol–water partition coefficient (Wildman–Crippen LogP) is 1.22. The Labute approximate surface area is 129 Å². The molecule has 1 aromatic heterocycles. The zero-order valence-electron chi connectivity index (χ0n) is 12.7. The lowest BCUT2D eigenvalue weighted by Crippen LogP contribution is -2.52. The van der Waals surface area contributed by atoms with Crippen molar-refractivity contribution in [2.24, 2.45) is 5.92 Å². The Balaban J connectivity index is 1.49. The fourth-order valence-electron chi connectivity index (χ4n) is 2.89. The van der Waals surface area contributed by atoms with Crippen molar-refractivity contribution in [1.29, 1.82) is 0 Å². The van der Waals surface area contributed by atoms with Crippen molar-refractivity contribution in [3.8, 4) is 5.88 Å². The maximum Gasteiger partial charge on any atom is 0.317 e. The lowest BCUT2D eigenvalue weighted by atomic mass is 9.85. The van der Waals surface area contributed by atoms with Crippen LogP contribution < -0.4 is 10.1 Å². The standard InChI is InChI=1S/C15H22N4O3/c1-22-14-6-13(16-9-17-14)18-11-4-12(5-11)19(8-15(20)21)7-10-2-3-10/h6,9-12H,2-5,7-8H2,1H3,(H,20,21)(H,16,17,18). The van der Waals surface area contributed by atoms with Crippen molar-refractivity contribution >= 4 is 11.8 Å². The van der Waals surface area contributed by atoms with E-state index in [1.807, 2.05) is 0 Å². The summed E-state index contributed by atoms with van der Waals surface area (Å²) in [7, 11) is 1.58. The van der Waals surface area contributed by atoms with Gasteiger partial charge in [0.05, 0.1) is 13.7 Å². The average molecular weight is 306 g/mol. The van der Waals surface area contributed by atoms with E-state index in [1.54, 1.807) is 13.2 Å². The quantitative estimate of drug-likeness (QED) is 0.746. The second-order valence-corrected chi connectivity index (χ2v) is 6.18. The first kappa shape index (κ1) is 15.0. The summed E-state index contributed by atoms with van der Waals surface area (Å²) >= 11 is 0. The summed E-state index contributed by atoms with van der Waals surface area (Å²) in [5.41, 5.74) is 0. The molecule has 120 valence electrons. The predicted molar refractivity (Wildman–Crippen MR) is 80.9 cm³/mol. The number of rotatable bonds is 8. The van der Waals surface area contributed by atoms with E-state index in [0.717, 1.165) is 25.2 Å². The van der Waals surface area contributed by atoms with E-state index in [1.165, 1.54) is 19.2 Å². The highest BCUT2D eigenvalue weighted by molar-refractivity contribution is 5.69. The first-order valence-corrected chi connectivity index (χ1v) is 7.72. The topological polar surface area (TPSA) is 87.6 Å². The first-order chi connectivity index (χ1) is 10.6. The molecule has 1 heterocycles. The van der Waals surface area contributed by atoms with Gasteiger partial charge in [-0.3, -0.25) is 9.69 Å². The third kappa shape index (κ3) is 3.85. The van der Waals surface area contributed by atoms with Gasteiger partial charge in [-0.05, 0) is 31.6 Å². The van der Waals surface area contributed by atoms with Crippen LogP contribution in [0, 0.1) is 5.92 Å². The molecule has 0 amide bonds. The monoisotopic (exact) mass is 306 g/mol. The van der Waals surface area contributed by atoms with Crippen molar-refractivity contribution in [1.82, 2.24) is 14.9 Å². The van der Waals surface area contributed by atoms with Gasteiger partial charge in [-0.2, -0.15) is 0 Å². The summed E-state index contributed by atoms with van der Waals surface area (Å²) in [5.74, 6) is 1.26. The van der Waals surface area contributed by atoms with Crippen molar-refractivity contribution < 1.29 is 14.6 Å². The zero-order valence-corrected chi connectivity index (χ0v) is 12.7. The van der Waals surface area contributed by atoms with Crippen LogP contribution in [0.4, 0.5) is 5.82 Å². The number of ether oxygens (including phenoxy) is 1. The van der Waals surface area contributed by atoms with Crippen LogP contribution in [0.2, 0.25) is 0 Å². The van der Waals surface area contributed by atoms with Gasteiger partial charge in [0.1, 0.15) is 12.1 Å². The summed E-state index contributed by atoms with van der Waals surface area (Å²) < 4.78 is 5.08. The fourth-order valence-corrected chi connectivity index (χ4v) is 2.89. The molecule has 7 heteroatoms. The number of carboxylic acid groups (broad SMARTS) is 1. The van der Waals surface area contributed by atoms with Crippen LogP contribution in [0.1, 0.15) is 25.7 Å². The summed E-state index contributed by atoms with van der Waals surface area (Å²) in [6.07, 6.45) is 5.86. The van der Waals surface area contributed by atoms with E-state index in [0.29, 0.717) is 23.9 Å². The molecular formula is C15H22N4O3. The molecule has 0 aliphatic heterocycles. The normalized spacial score (nSPS) is 23.9. The summed E-state index contributed by atoms with van der Waals surface area (Å²) in [6.45, 7) is 1.07. The lowest BCUT2D eigenvalue weighted by molar-refractivity contribution is -0.139. The molecule has 0 bridgehead atoms. The summed E-state index contributed by atoms with van der Waals surface area (Å²) in [5, 5.41) is 12.4. The van der Waals surface area contributed by atoms with E-state index in [4.69, 9.17) is 9.84 Å². The maximum absolute atomic E-state index is 11.0. The molecule has 0 radical (unpaired) electrons. The second kappa shape index (κ2) is 6.48. The maximum atomic E-state index is 11.0. The number of hydrogen-bond acceptors (Lipinski definition) is 6. The summed E-state index contributed by atoms with van der Waals surface area (Å²) in [6, 6.07) is 2.46. The molecule has 2 aliphatic rings. The van der Waals surface area contributed by atoms with E-state index >= 15 is 0 Å². The highest BCUT2D eigenvalue weighted by Crippen LogP contribution is 2.34. The fraction of sp³-hybridized carbons (Fsp3) is 0.667. The third-order valence-electron chi connectivity index (χ3n) is 4.36. The van der Waals surface area contributed by atoms with Crippen molar-refractivity contribution in [2.75, 3.05) is 25.5 Å². The molecule has 3 rings (SSSR count). The Morgan fingerprint density at radius 3 is 2.86 bits per heavy atom. The van der Waals surface area contributed by atoms with Crippen LogP contribution in [0.15, 0.2) is 12.4 Å².